The van der Waals surface area contributed by atoms with Crippen LogP contribution >= 0.6 is 0 Å². The third-order valence-corrected chi connectivity index (χ3v) is 1.70. The molecule has 3 nitrogen and oxygen atoms in total. The van der Waals surface area contributed by atoms with Crippen molar-refractivity contribution in [2.24, 2.45) is 0 Å². The lowest BCUT2D eigenvalue weighted by molar-refractivity contribution is 0.403. The zero-order valence-corrected chi connectivity index (χ0v) is 8.36. The van der Waals surface area contributed by atoms with Gasteiger partial charge in [0.25, 0.3) is 0 Å². The van der Waals surface area contributed by atoms with Gasteiger partial charge in [-0.2, -0.15) is 0 Å². The minimum atomic E-state index is -0.100. The van der Waals surface area contributed by atoms with Gasteiger partial charge in [-0.1, -0.05) is 6.07 Å². The molecule has 14 heavy (non-hydrogen) atoms. The van der Waals surface area contributed by atoms with E-state index >= 15 is 0 Å². The lowest BCUT2D eigenvalue weighted by Crippen LogP contribution is -2.14. The summed E-state index contributed by atoms with van der Waals surface area (Å²) in [5, 5.41) is 21.4. The molecule has 0 amide bonds. The van der Waals surface area contributed by atoms with E-state index in [-0.39, 0.29) is 11.5 Å². The van der Waals surface area contributed by atoms with Crippen LogP contribution in [0.1, 0.15) is 19.4 Å². The molecule has 0 heterocycles. The summed E-state index contributed by atoms with van der Waals surface area (Å²) in [7, 11) is 0. The van der Waals surface area contributed by atoms with E-state index < -0.39 is 0 Å². The van der Waals surface area contributed by atoms with Crippen molar-refractivity contribution in [1.29, 1.82) is 0 Å². The highest BCUT2D eigenvalue weighted by Gasteiger charge is 1.97. The van der Waals surface area contributed by atoms with Crippen molar-refractivity contribution in [3.8, 4) is 11.5 Å². The maximum atomic E-state index is 9.20. The predicted octanol–water partition coefficient (Wildman–Crippen LogP) is 2.07. The van der Waals surface area contributed by atoms with Gasteiger partial charge >= 0.3 is 0 Å². The summed E-state index contributed by atoms with van der Waals surface area (Å²) < 4.78 is 0. The molecule has 0 aliphatic carbocycles. The molecule has 3 N–H and O–H groups in total. The Morgan fingerprint density at radius 3 is 2.50 bits per heavy atom. The summed E-state index contributed by atoms with van der Waals surface area (Å²) in [6.45, 7) is 4.08. The largest absolute Gasteiger partial charge is 0.504 e. The summed E-state index contributed by atoms with van der Waals surface area (Å²) in [6.07, 6.45) is 3.65. The third-order valence-electron chi connectivity index (χ3n) is 1.70. The minimum absolute atomic E-state index is 0.0982. The number of phenols is 2. The molecule has 76 valence electrons. The maximum Gasteiger partial charge on any atom is 0.157 e. The highest BCUT2D eigenvalue weighted by atomic mass is 16.3. The Morgan fingerprint density at radius 1 is 1.21 bits per heavy atom. The summed E-state index contributed by atoms with van der Waals surface area (Å²) in [5.41, 5.74) is 0.841. The molecule has 1 aromatic carbocycles. The molecule has 0 unspecified atom stereocenters. The van der Waals surface area contributed by atoms with Gasteiger partial charge < -0.3 is 15.5 Å². The lowest BCUT2D eigenvalue weighted by atomic mass is 10.2. The standard InChI is InChI=1S/C11H15NO2/c1-8(2)12-6-5-9-3-4-10(13)11(14)7-9/h3-8,12-14H,1-2H3/b6-5+. The third kappa shape index (κ3) is 3.01. The molecule has 0 aromatic heterocycles. The number of hydrogen-bond acceptors (Lipinski definition) is 3. The Kier molecular flexibility index (Phi) is 3.40. The molecule has 0 aliphatic heterocycles. The smallest absolute Gasteiger partial charge is 0.157 e. The van der Waals surface area contributed by atoms with Gasteiger partial charge in [0, 0.05) is 6.04 Å². The molecule has 0 saturated heterocycles. The molecule has 0 saturated carbocycles. The zero-order valence-electron chi connectivity index (χ0n) is 8.36. The van der Waals surface area contributed by atoms with Gasteiger partial charge in [0.2, 0.25) is 0 Å². The van der Waals surface area contributed by atoms with Gasteiger partial charge in [-0.05, 0) is 43.8 Å². The second-order valence-corrected chi connectivity index (χ2v) is 3.40. The first-order valence-electron chi connectivity index (χ1n) is 4.54. The first-order valence-corrected chi connectivity index (χ1v) is 4.54. The van der Waals surface area contributed by atoms with Crippen molar-refractivity contribution in [3.05, 3.63) is 30.0 Å². The Morgan fingerprint density at radius 2 is 1.93 bits per heavy atom. The van der Waals surface area contributed by atoms with E-state index in [1.807, 2.05) is 26.1 Å². The fourth-order valence-electron chi connectivity index (χ4n) is 0.981. The summed E-state index contributed by atoms with van der Waals surface area (Å²) in [4.78, 5) is 0. The van der Waals surface area contributed by atoms with Crippen LogP contribution in [0.2, 0.25) is 0 Å². The molecule has 0 fully saturated rings. The van der Waals surface area contributed by atoms with Crippen molar-refractivity contribution in [1.82, 2.24) is 5.32 Å². The SMILES string of the molecule is CC(C)N/C=C/c1ccc(O)c(O)c1. The van der Waals surface area contributed by atoms with E-state index in [1.165, 1.54) is 12.1 Å². The average Bonchev–Trinajstić information content (AvgIpc) is 2.10. The van der Waals surface area contributed by atoms with Crippen LogP contribution in [0, 0.1) is 0 Å². The molecular weight excluding hydrogens is 178 g/mol. The number of aromatic hydroxyl groups is 2. The van der Waals surface area contributed by atoms with Crippen molar-refractivity contribution in [3.63, 3.8) is 0 Å². The van der Waals surface area contributed by atoms with Crippen molar-refractivity contribution in [2.75, 3.05) is 0 Å². The number of phenolic OH excluding ortho intramolecular Hbond substituents is 2. The van der Waals surface area contributed by atoms with Crippen molar-refractivity contribution in [2.45, 2.75) is 19.9 Å². The highest BCUT2D eigenvalue weighted by molar-refractivity contribution is 5.54. The normalized spacial score (nSPS) is 11.1. The number of benzene rings is 1. The van der Waals surface area contributed by atoms with Crippen LogP contribution in [-0.4, -0.2) is 16.3 Å². The maximum absolute atomic E-state index is 9.20. The molecule has 3 heteroatoms. The van der Waals surface area contributed by atoms with Crippen LogP contribution in [-0.2, 0) is 0 Å². The molecule has 0 bridgehead atoms. The van der Waals surface area contributed by atoms with Crippen molar-refractivity contribution >= 4 is 6.08 Å². The summed E-state index contributed by atoms with van der Waals surface area (Å²) in [6, 6.07) is 5.09. The minimum Gasteiger partial charge on any atom is -0.504 e. The molecule has 0 radical (unpaired) electrons. The molecular formula is C11H15NO2. The van der Waals surface area contributed by atoms with Gasteiger partial charge in [-0.25, -0.2) is 0 Å². The Labute approximate surface area is 83.7 Å². The Hall–Kier alpha value is -1.64. The number of hydrogen-bond donors (Lipinski definition) is 3. The Balaban J connectivity index is 2.68. The van der Waals surface area contributed by atoms with Gasteiger partial charge in [0.1, 0.15) is 0 Å². The number of nitrogens with one attached hydrogen (secondary N) is 1. The van der Waals surface area contributed by atoms with Gasteiger partial charge in [-0.3, -0.25) is 0 Å². The zero-order chi connectivity index (χ0) is 10.6. The van der Waals surface area contributed by atoms with E-state index in [2.05, 4.69) is 5.32 Å². The molecule has 0 aliphatic rings. The van der Waals surface area contributed by atoms with Crippen LogP contribution in [0.5, 0.6) is 11.5 Å². The fraction of sp³-hybridized carbons (Fsp3) is 0.273. The number of rotatable bonds is 3. The van der Waals surface area contributed by atoms with Gasteiger partial charge in [0.05, 0.1) is 0 Å². The second-order valence-electron chi connectivity index (χ2n) is 3.40. The van der Waals surface area contributed by atoms with E-state index in [0.717, 1.165) is 5.56 Å². The fourth-order valence-corrected chi connectivity index (χ4v) is 0.981. The van der Waals surface area contributed by atoms with E-state index in [1.54, 1.807) is 6.07 Å². The monoisotopic (exact) mass is 193 g/mol. The quantitative estimate of drug-likeness (QED) is 0.644. The van der Waals surface area contributed by atoms with Crippen LogP contribution < -0.4 is 5.32 Å². The topological polar surface area (TPSA) is 52.5 Å². The molecule has 0 atom stereocenters. The van der Waals surface area contributed by atoms with E-state index in [4.69, 9.17) is 5.11 Å². The first kappa shape index (κ1) is 10.4. The average molecular weight is 193 g/mol. The molecule has 1 aromatic rings. The predicted molar refractivity (Wildman–Crippen MR) is 57.1 cm³/mol. The molecule has 0 spiro atoms. The van der Waals surface area contributed by atoms with Crippen molar-refractivity contribution < 1.29 is 10.2 Å². The van der Waals surface area contributed by atoms with Crippen LogP contribution in [0.3, 0.4) is 0 Å². The van der Waals surface area contributed by atoms with Gasteiger partial charge in [0.15, 0.2) is 11.5 Å². The van der Waals surface area contributed by atoms with Crippen LogP contribution in [0.15, 0.2) is 24.4 Å². The van der Waals surface area contributed by atoms with Gasteiger partial charge in [-0.15, -0.1) is 0 Å². The van der Waals surface area contributed by atoms with E-state index in [0.29, 0.717) is 6.04 Å². The van der Waals surface area contributed by atoms with E-state index in [9.17, 15) is 5.11 Å². The van der Waals surface area contributed by atoms with Crippen LogP contribution in [0.4, 0.5) is 0 Å². The summed E-state index contributed by atoms with van der Waals surface area (Å²) in [5.74, 6) is -0.198. The van der Waals surface area contributed by atoms with Crippen LogP contribution in [0.25, 0.3) is 6.08 Å². The second kappa shape index (κ2) is 4.56. The molecule has 1 rings (SSSR count). The first-order chi connectivity index (χ1) is 6.59. The summed E-state index contributed by atoms with van der Waals surface area (Å²) >= 11 is 0. The highest BCUT2D eigenvalue weighted by Crippen LogP contribution is 2.25. The lowest BCUT2D eigenvalue weighted by Gasteiger charge is -2.03. The Bertz CT molecular complexity index is 332.